The minimum Gasteiger partial charge on any atom is -0.455 e. The molecule has 260 valence electrons. The fourth-order valence-corrected chi connectivity index (χ4v) is 9.59. The summed E-state index contributed by atoms with van der Waals surface area (Å²) in [5.74, 6) is 0.625. The van der Waals surface area contributed by atoms with E-state index in [1.165, 1.54) is 44.5 Å². The fraction of sp³-hybridized carbons (Fsp3) is 0.0189. The lowest BCUT2D eigenvalue weighted by Crippen LogP contribution is -2.25. The molecule has 2 heterocycles. The van der Waals surface area contributed by atoms with Crippen LogP contribution >= 0.6 is 0 Å². The molecule has 0 unspecified atom stereocenters. The van der Waals surface area contributed by atoms with Gasteiger partial charge >= 0.3 is 0 Å². The first-order valence-corrected chi connectivity index (χ1v) is 19.2. The van der Waals surface area contributed by atoms with E-state index < -0.39 is 5.41 Å². The number of aromatic nitrogens is 2. The monoisotopic (exact) mass is 712 g/mol. The van der Waals surface area contributed by atoms with E-state index in [4.69, 9.17) is 14.4 Å². The van der Waals surface area contributed by atoms with Gasteiger partial charge in [0.1, 0.15) is 11.2 Å². The lowest BCUT2D eigenvalue weighted by atomic mass is 9.70. The highest BCUT2D eigenvalue weighted by Gasteiger charge is 2.51. The zero-order chi connectivity index (χ0) is 36.8. The van der Waals surface area contributed by atoms with Crippen molar-refractivity contribution < 1.29 is 4.42 Å². The summed E-state index contributed by atoms with van der Waals surface area (Å²) in [6.45, 7) is 0. The van der Waals surface area contributed by atoms with Gasteiger partial charge < -0.3 is 4.42 Å². The third-order valence-electron chi connectivity index (χ3n) is 11.9. The molecule has 1 spiro atoms. The molecule has 10 aromatic rings. The molecular formula is C53H32N2O. The summed E-state index contributed by atoms with van der Waals surface area (Å²) in [6.07, 6.45) is 0. The van der Waals surface area contributed by atoms with Crippen LogP contribution in [0.1, 0.15) is 22.3 Å². The van der Waals surface area contributed by atoms with Gasteiger partial charge in [0.25, 0.3) is 0 Å². The highest BCUT2D eigenvalue weighted by atomic mass is 16.3. The smallest absolute Gasteiger partial charge is 0.164 e. The first-order chi connectivity index (χ1) is 27.8. The zero-order valence-electron chi connectivity index (χ0n) is 30.3. The minimum absolute atomic E-state index is 0.455. The van der Waals surface area contributed by atoms with E-state index in [0.717, 1.165) is 61.1 Å². The Balaban J connectivity index is 1.17. The second-order valence-corrected chi connectivity index (χ2v) is 14.8. The maximum absolute atomic E-state index is 6.84. The summed E-state index contributed by atoms with van der Waals surface area (Å²) in [5, 5.41) is 2.11. The van der Waals surface area contributed by atoms with Gasteiger partial charge in [-0.2, -0.15) is 0 Å². The molecule has 2 aliphatic rings. The Hall–Kier alpha value is -7.36. The third kappa shape index (κ3) is 4.28. The van der Waals surface area contributed by atoms with Crippen LogP contribution in [0.4, 0.5) is 0 Å². The Bertz CT molecular complexity index is 3080. The molecule has 0 saturated heterocycles. The van der Waals surface area contributed by atoms with Crippen LogP contribution in [0.2, 0.25) is 0 Å². The van der Waals surface area contributed by atoms with Crippen LogP contribution in [0, 0.1) is 0 Å². The lowest BCUT2D eigenvalue weighted by Gasteiger charge is -2.30. The summed E-state index contributed by atoms with van der Waals surface area (Å²) in [7, 11) is 0. The van der Waals surface area contributed by atoms with Crippen molar-refractivity contribution in [2.75, 3.05) is 0 Å². The van der Waals surface area contributed by atoms with Gasteiger partial charge in [-0.05, 0) is 79.9 Å². The van der Waals surface area contributed by atoms with Crippen molar-refractivity contribution in [3.05, 3.63) is 216 Å². The Morgan fingerprint density at radius 2 is 0.857 bits per heavy atom. The van der Waals surface area contributed by atoms with Crippen LogP contribution in [0.5, 0.6) is 0 Å². The normalized spacial score (nSPS) is 13.1. The van der Waals surface area contributed by atoms with E-state index in [2.05, 4.69) is 170 Å². The predicted octanol–water partition coefficient (Wildman–Crippen LogP) is 13.4. The second kappa shape index (κ2) is 11.8. The van der Waals surface area contributed by atoms with E-state index in [1.807, 2.05) is 24.3 Å². The first-order valence-electron chi connectivity index (χ1n) is 19.2. The summed E-state index contributed by atoms with van der Waals surface area (Å²) in [5.41, 5.74) is 18.3. The van der Waals surface area contributed by atoms with Gasteiger partial charge in [-0.1, -0.05) is 170 Å². The van der Waals surface area contributed by atoms with Crippen LogP contribution in [-0.2, 0) is 5.41 Å². The van der Waals surface area contributed by atoms with Crippen LogP contribution in [0.25, 0.3) is 89.2 Å². The maximum atomic E-state index is 6.84. The molecule has 3 nitrogen and oxygen atoms in total. The Labute approximate surface area is 324 Å². The molecule has 0 saturated carbocycles. The van der Waals surface area contributed by atoms with Gasteiger partial charge in [-0.25, -0.2) is 9.97 Å². The molecule has 2 aromatic heterocycles. The molecule has 8 aromatic carbocycles. The standard InChI is InChI=1S/C53H32N2O/c1-3-15-33(16-4-1)47-32-48(34-17-5-2-6-18-34)55-52(54-47)50-36(29-30-42-41-22-10-14-26-49(41)56-51(42)50)35-27-28-40-39-21-9-13-25-45(39)53(46(40)31-35)43-23-11-7-19-37(43)38-20-8-12-24-44(38)53/h1-32H. The van der Waals surface area contributed by atoms with E-state index in [1.54, 1.807) is 0 Å². The number of rotatable bonds is 4. The highest BCUT2D eigenvalue weighted by molar-refractivity contribution is 6.12. The van der Waals surface area contributed by atoms with E-state index in [0.29, 0.717) is 5.82 Å². The van der Waals surface area contributed by atoms with Gasteiger partial charge in [0.15, 0.2) is 5.82 Å². The van der Waals surface area contributed by atoms with Crippen LogP contribution in [0.15, 0.2) is 199 Å². The molecule has 0 fully saturated rings. The van der Waals surface area contributed by atoms with Crippen LogP contribution < -0.4 is 0 Å². The molecule has 12 rings (SSSR count). The molecule has 0 bridgehead atoms. The predicted molar refractivity (Wildman–Crippen MR) is 227 cm³/mol. The molecule has 0 N–H and O–H groups in total. The number of furan rings is 1. The number of para-hydroxylation sites is 1. The zero-order valence-corrected chi connectivity index (χ0v) is 30.3. The molecule has 0 aliphatic heterocycles. The Morgan fingerprint density at radius 3 is 1.46 bits per heavy atom. The first kappa shape index (κ1) is 31.0. The van der Waals surface area contributed by atoms with Crippen molar-refractivity contribution in [3.8, 4) is 67.3 Å². The number of hydrogen-bond acceptors (Lipinski definition) is 3. The van der Waals surface area contributed by atoms with Crippen molar-refractivity contribution >= 4 is 21.9 Å². The number of benzene rings is 8. The third-order valence-corrected chi connectivity index (χ3v) is 11.9. The summed E-state index contributed by atoms with van der Waals surface area (Å²) < 4.78 is 6.84. The number of nitrogens with zero attached hydrogens (tertiary/aromatic N) is 2. The highest BCUT2D eigenvalue weighted by Crippen LogP contribution is 2.63. The molecule has 0 atom stereocenters. The molecule has 3 heteroatoms. The topological polar surface area (TPSA) is 38.9 Å². The lowest BCUT2D eigenvalue weighted by molar-refractivity contribution is 0.669. The van der Waals surface area contributed by atoms with Crippen molar-refractivity contribution in [2.24, 2.45) is 0 Å². The SMILES string of the molecule is c1ccc(-c2cc(-c3ccccc3)nc(-c3c(-c4ccc5c(c4)C4(c6ccccc6-c6ccccc64)c4ccccc4-5)ccc4c3oc3ccccc34)n2)cc1. The largest absolute Gasteiger partial charge is 0.455 e. The molecule has 2 aliphatic carbocycles. The van der Waals surface area contributed by atoms with Crippen LogP contribution in [-0.4, -0.2) is 9.97 Å². The summed E-state index contributed by atoms with van der Waals surface area (Å²) >= 11 is 0. The number of hydrogen-bond donors (Lipinski definition) is 0. The van der Waals surface area contributed by atoms with Crippen molar-refractivity contribution in [3.63, 3.8) is 0 Å². The molecule has 0 amide bonds. The van der Waals surface area contributed by atoms with Crippen molar-refractivity contribution in [1.29, 1.82) is 0 Å². The average molecular weight is 713 g/mol. The fourth-order valence-electron chi connectivity index (χ4n) is 9.59. The van der Waals surface area contributed by atoms with Crippen LogP contribution in [0.3, 0.4) is 0 Å². The molecule has 0 radical (unpaired) electrons. The number of fused-ring (bicyclic) bond motifs is 13. The van der Waals surface area contributed by atoms with E-state index in [9.17, 15) is 0 Å². The Morgan fingerprint density at radius 1 is 0.357 bits per heavy atom. The minimum atomic E-state index is -0.455. The van der Waals surface area contributed by atoms with Crippen molar-refractivity contribution in [2.45, 2.75) is 5.41 Å². The molecule has 56 heavy (non-hydrogen) atoms. The second-order valence-electron chi connectivity index (χ2n) is 14.8. The quantitative estimate of drug-likeness (QED) is 0.182. The average Bonchev–Trinajstić information content (AvgIpc) is 3.90. The van der Waals surface area contributed by atoms with Gasteiger partial charge in [0.2, 0.25) is 0 Å². The Kier molecular flexibility index (Phi) is 6.55. The van der Waals surface area contributed by atoms with E-state index in [-0.39, 0.29) is 0 Å². The van der Waals surface area contributed by atoms with Crippen molar-refractivity contribution in [1.82, 2.24) is 9.97 Å². The van der Waals surface area contributed by atoms with Gasteiger partial charge in [0, 0.05) is 21.9 Å². The van der Waals surface area contributed by atoms with Gasteiger partial charge in [-0.3, -0.25) is 0 Å². The van der Waals surface area contributed by atoms with E-state index >= 15 is 0 Å². The maximum Gasteiger partial charge on any atom is 0.164 e. The van der Waals surface area contributed by atoms with Gasteiger partial charge in [0.05, 0.1) is 22.4 Å². The summed E-state index contributed by atoms with van der Waals surface area (Å²) in [6, 6.07) is 69.5. The molecular weight excluding hydrogens is 681 g/mol. The van der Waals surface area contributed by atoms with Gasteiger partial charge in [-0.15, -0.1) is 0 Å². The summed E-state index contributed by atoms with van der Waals surface area (Å²) in [4.78, 5) is 10.7.